The zero-order chi connectivity index (χ0) is 32.3. The molecule has 1 saturated heterocycles. The average Bonchev–Trinajstić information content (AvgIpc) is 2.95. The molecule has 1 atom stereocenters. The van der Waals surface area contributed by atoms with E-state index in [2.05, 4.69) is 34.8 Å². The molecule has 0 spiro atoms. The van der Waals surface area contributed by atoms with E-state index in [1.807, 2.05) is 14.0 Å². The lowest BCUT2D eigenvalue weighted by atomic mass is 9.96. The lowest BCUT2D eigenvalue weighted by Gasteiger charge is -2.40. The molecule has 0 aliphatic carbocycles. The number of pyridine rings is 1. The Labute approximate surface area is 255 Å². The Kier molecular flexibility index (Phi) is 10.2. The molecule has 0 radical (unpaired) electrons. The van der Waals surface area contributed by atoms with E-state index >= 15 is 8.78 Å². The number of hydrogen-bond acceptors (Lipinski definition) is 6. The summed E-state index contributed by atoms with van der Waals surface area (Å²) >= 11 is 0. The summed E-state index contributed by atoms with van der Waals surface area (Å²) in [5.74, 6) is -3.01. The number of nitrogens with zero attached hydrogens (tertiary/aromatic N) is 4. The molecule has 2 aliphatic heterocycles. The Morgan fingerprint density at radius 3 is 2.50 bits per heavy atom. The van der Waals surface area contributed by atoms with Gasteiger partial charge in [0, 0.05) is 70.7 Å². The number of hydrogen-bond donors (Lipinski definition) is 2. The monoisotopic (exact) mass is 637 g/mol. The number of ether oxygens (including phenoxy) is 1. The van der Waals surface area contributed by atoms with Crippen LogP contribution >= 0.6 is 0 Å². The van der Waals surface area contributed by atoms with E-state index in [4.69, 9.17) is 4.74 Å². The van der Waals surface area contributed by atoms with E-state index in [1.165, 1.54) is 6.08 Å². The second kappa shape index (κ2) is 13.5. The van der Waals surface area contributed by atoms with Crippen molar-refractivity contribution >= 4 is 37.0 Å². The molecular weight excluding hydrogens is 598 g/mol. The van der Waals surface area contributed by atoms with E-state index < -0.39 is 54.8 Å². The number of alkyl halides is 2. The van der Waals surface area contributed by atoms with Crippen molar-refractivity contribution in [2.24, 2.45) is 0 Å². The summed E-state index contributed by atoms with van der Waals surface area (Å²) in [5, 5.41) is 11.7. The highest BCUT2D eigenvalue weighted by Gasteiger charge is 2.31. The minimum atomic E-state index is -3.05. The third kappa shape index (κ3) is 7.70. The molecule has 2 amide bonds. The maximum atomic E-state index is 16.4. The predicted octanol–water partition coefficient (Wildman–Crippen LogP) is 6.17. The van der Waals surface area contributed by atoms with Gasteiger partial charge in [-0.1, -0.05) is 25.7 Å². The predicted molar refractivity (Wildman–Crippen MR) is 164 cm³/mol. The van der Waals surface area contributed by atoms with Gasteiger partial charge in [0.1, 0.15) is 11.5 Å². The van der Waals surface area contributed by atoms with Crippen LogP contribution in [0.15, 0.2) is 24.4 Å². The largest absolute Gasteiger partial charge is 0.478 e. The molecule has 2 N–H and O–H groups in total. The summed E-state index contributed by atoms with van der Waals surface area (Å²) in [4.78, 5) is 33.8. The molecule has 2 aromatic rings. The van der Waals surface area contributed by atoms with Gasteiger partial charge in [0.2, 0.25) is 5.88 Å². The van der Waals surface area contributed by atoms with Gasteiger partial charge in [-0.3, -0.25) is 4.79 Å². The average molecular weight is 638 g/mol. The first-order valence-corrected chi connectivity index (χ1v) is 18.2. The van der Waals surface area contributed by atoms with Crippen LogP contribution in [0.4, 0.5) is 33.7 Å². The van der Waals surface area contributed by atoms with Crippen LogP contribution in [-0.2, 0) is 0 Å². The summed E-state index contributed by atoms with van der Waals surface area (Å²) in [6.07, 6.45) is -1.73. The first-order valence-electron chi connectivity index (χ1n) is 14.5. The topological polar surface area (TPSA) is 98.2 Å². The van der Waals surface area contributed by atoms with Crippen LogP contribution in [0.25, 0.3) is 5.57 Å². The van der Waals surface area contributed by atoms with Crippen molar-refractivity contribution in [3.8, 4) is 5.88 Å². The number of aromatic nitrogens is 1. The van der Waals surface area contributed by atoms with Gasteiger partial charge in [-0.25, -0.2) is 27.3 Å². The fraction of sp³-hybridized carbons (Fsp3) is 0.500. The van der Waals surface area contributed by atoms with Crippen LogP contribution in [0.2, 0.25) is 25.7 Å². The normalized spacial score (nSPS) is 18.0. The van der Waals surface area contributed by atoms with Crippen LogP contribution in [0.3, 0.4) is 0 Å². The lowest BCUT2D eigenvalue weighted by Crippen LogP contribution is -2.50. The van der Waals surface area contributed by atoms with Crippen LogP contribution in [0.5, 0.6) is 5.88 Å². The molecule has 9 nitrogen and oxygen atoms in total. The molecule has 1 aromatic heterocycles. The van der Waals surface area contributed by atoms with Crippen molar-refractivity contribution in [1.29, 1.82) is 0 Å². The number of rotatable bonds is 9. The molecule has 14 heteroatoms. The van der Waals surface area contributed by atoms with Crippen molar-refractivity contribution in [3.05, 3.63) is 52.7 Å². The minimum Gasteiger partial charge on any atom is -0.478 e. The summed E-state index contributed by atoms with van der Waals surface area (Å²) in [7, 11) is 0.484. The number of piperazine rings is 1. The van der Waals surface area contributed by atoms with Crippen LogP contribution in [0, 0.1) is 11.6 Å². The van der Waals surface area contributed by atoms with Gasteiger partial charge in [-0.2, -0.15) is 0 Å². The Hall–Kier alpha value is -3.65. The van der Waals surface area contributed by atoms with Crippen LogP contribution in [-0.4, -0.2) is 92.4 Å². The quantitative estimate of drug-likeness (QED) is 0.251. The van der Waals surface area contributed by atoms with E-state index in [0.29, 0.717) is 26.2 Å². The molecule has 2 aliphatic rings. The van der Waals surface area contributed by atoms with Gasteiger partial charge < -0.3 is 29.9 Å². The number of likely N-dealkylation sites (N-methyl/N-ethyl adjacent to an activating group) is 1. The number of benzene rings is 1. The standard InChI is InChI=1S/C30H39F4N5O4Si/c1-18-17-39(11-10-37(18)2)23-15-22(31)25(19-6-8-38(9-7-19)30(41)42)26(32)27(23)36-29(40)21-16-35-24(14-20(21)28(33)34)43-12-13-44(3,4)5/h6,14-16,18,28H,7-13,17H2,1-5H3,(H,36,40)(H,41,42). The molecule has 1 fully saturated rings. The van der Waals surface area contributed by atoms with E-state index in [1.54, 1.807) is 4.90 Å². The van der Waals surface area contributed by atoms with Crippen molar-refractivity contribution in [2.75, 3.05) is 56.6 Å². The molecule has 0 bridgehead atoms. The third-order valence-electron chi connectivity index (χ3n) is 8.03. The van der Waals surface area contributed by atoms with E-state index in [-0.39, 0.29) is 48.4 Å². The minimum absolute atomic E-state index is 0.0317. The Morgan fingerprint density at radius 1 is 1.18 bits per heavy atom. The number of anilines is 2. The molecule has 4 rings (SSSR count). The SMILES string of the molecule is CC1CN(c2cc(F)c(C3=CCN(C(=O)O)CC3)c(F)c2NC(=O)c2cnc(OCC[Si](C)(C)C)cc2C(F)F)CCN1C. The Morgan fingerprint density at radius 2 is 1.91 bits per heavy atom. The maximum absolute atomic E-state index is 16.4. The number of carbonyl (C=O) groups excluding carboxylic acids is 1. The van der Waals surface area contributed by atoms with Gasteiger partial charge in [-0.15, -0.1) is 0 Å². The zero-order valence-electron chi connectivity index (χ0n) is 25.6. The first kappa shape index (κ1) is 33.2. The van der Waals surface area contributed by atoms with E-state index in [9.17, 15) is 23.5 Å². The zero-order valence-corrected chi connectivity index (χ0v) is 26.6. The molecular formula is C30H39F4N5O4Si. The fourth-order valence-corrected chi connectivity index (χ4v) is 5.86. The molecule has 240 valence electrons. The van der Waals surface area contributed by atoms with Gasteiger partial charge in [0.05, 0.1) is 23.4 Å². The maximum Gasteiger partial charge on any atom is 0.407 e. The van der Waals surface area contributed by atoms with Gasteiger partial charge in [0.25, 0.3) is 12.3 Å². The molecule has 0 saturated carbocycles. The smallest absolute Gasteiger partial charge is 0.407 e. The number of carboxylic acid groups (broad SMARTS) is 1. The highest BCUT2D eigenvalue weighted by Crippen LogP contribution is 2.39. The molecule has 1 unspecified atom stereocenters. The third-order valence-corrected chi connectivity index (χ3v) is 9.73. The molecule has 44 heavy (non-hydrogen) atoms. The summed E-state index contributed by atoms with van der Waals surface area (Å²) in [5.41, 5.74) is -1.49. The van der Waals surface area contributed by atoms with Gasteiger partial charge in [-0.05, 0) is 32.0 Å². The van der Waals surface area contributed by atoms with Crippen molar-refractivity contribution in [3.63, 3.8) is 0 Å². The second-order valence-electron chi connectivity index (χ2n) is 12.4. The number of nitrogens with one attached hydrogen (secondary N) is 1. The van der Waals surface area contributed by atoms with Crippen molar-refractivity contribution < 1.29 is 37.0 Å². The van der Waals surface area contributed by atoms with Gasteiger partial charge in [0.15, 0.2) is 5.82 Å². The summed E-state index contributed by atoms with van der Waals surface area (Å²) in [6.45, 7) is 10.1. The van der Waals surface area contributed by atoms with Crippen LogP contribution in [0.1, 0.15) is 41.3 Å². The highest BCUT2D eigenvalue weighted by atomic mass is 28.3. The fourth-order valence-electron chi connectivity index (χ4n) is 5.15. The first-order chi connectivity index (χ1) is 20.7. The Balaban J connectivity index is 1.72. The lowest BCUT2D eigenvalue weighted by molar-refractivity contribution is 0.101. The van der Waals surface area contributed by atoms with E-state index in [0.717, 1.165) is 29.3 Å². The number of halogens is 4. The highest BCUT2D eigenvalue weighted by molar-refractivity contribution is 6.76. The number of carbonyl (C=O) groups is 2. The summed E-state index contributed by atoms with van der Waals surface area (Å²) < 4.78 is 65.9. The summed E-state index contributed by atoms with van der Waals surface area (Å²) in [6, 6.07) is 2.97. The number of amides is 2. The van der Waals surface area contributed by atoms with Crippen molar-refractivity contribution in [1.82, 2.24) is 14.8 Å². The van der Waals surface area contributed by atoms with Gasteiger partial charge >= 0.3 is 6.09 Å². The molecule has 3 heterocycles. The molecule has 1 aromatic carbocycles. The second-order valence-corrected chi connectivity index (χ2v) is 18.1. The van der Waals surface area contributed by atoms with Crippen molar-refractivity contribution in [2.45, 2.75) is 51.5 Å². The Bertz CT molecular complexity index is 1440. The van der Waals surface area contributed by atoms with Crippen LogP contribution < -0.4 is 15.0 Å².